The summed E-state index contributed by atoms with van der Waals surface area (Å²) in [5.74, 6) is 1.89. The minimum atomic E-state index is 0.253. The molecule has 1 saturated carbocycles. The number of benzene rings is 2. The van der Waals surface area contributed by atoms with Gasteiger partial charge in [-0.05, 0) is 59.9 Å². The molecule has 1 unspecified atom stereocenters. The first-order chi connectivity index (χ1) is 14.7. The van der Waals surface area contributed by atoms with Crippen molar-refractivity contribution < 1.29 is 4.79 Å². The third kappa shape index (κ3) is 4.21. The summed E-state index contributed by atoms with van der Waals surface area (Å²) in [6.45, 7) is 5.62. The van der Waals surface area contributed by atoms with E-state index in [2.05, 4.69) is 46.2 Å². The van der Waals surface area contributed by atoms with Crippen LogP contribution in [0.3, 0.4) is 0 Å². The Balaban J connectivity index is 1.14. The lowest BCUT2D eigenvalue weighted by Crippen LogP contribution is -2.48. The first-order valence-corrected chi connectivity index (χ1v) is 11.8. The van der Waals surface area contributed by atoms with Gasteiger partial charge in [-0.1, -0.05) is 54.4 Å². The smallest absolute Gasteiger partial charge is 0.150 e. The van der Waals surface area contributed by atoms with Gasteiger partial charge in [0.2, 0.25) is 0 Å². The highest BCUT2D eigenvalue weighted by Crippen LogP contribution is 2.49. The molecule has 158 valence electrons. The summed E-state index contributed by atoms with van der Waals surface area (Å²) in [5, 5.41) is 0.789. The summed E-state index contributed by atoms with van der Waals surface area (Å²) < 4.78 is 0. The molecule has 2 fully saturated rings. The van der Waals surface area contributed by atoms with Gasteiger partial charge in [0.1, 0.15) is 5.78 Å². The molecule has 2 aromatic rings. The topological polar surface area (TPSA) is 23.6 Å². The standard InChI is InChI=1S/C26H31ClN2O/c27-21-10-8-19(9-11-21)17-28-12-14-29(15-13-28)18-26(30)24-7-3-6-23-22-5-2-1-4-20(22)16-25(23)24/h1-2,4-5,8-11,23-25H,3,6-7,12-18H2/t23-,24?,25+/m1/s1. The van der Waals surface area contributed by atoms with Crippen LogP contribution in [0, 0.1) is 11.8 Å². The van der Waals surface area contributed by atoms with Gasteiger partial charge in [0.25, 0.3) is 0 Å². The van der Waals surface area contributed by atoms with Gasteiger partial charge in [-0.25, -0.2) is 0 Å². The second-order valence-corrected chi connectivity index (χ2v) is 9.79. The maximum Gasteiger partial charge on any atom is 0.150 e. The van der Waals surface area contributed by atoms with E-state index in [1.54, 1.807) is 0 Å². The lowest BCUT2D eigenvalue weighted by molar-refractivity contribution is -0.127. The molecule has 3 aliphatic rings. The molecule has 5 rings (SSSR count). The summed E-state index contributed by atoms with van der Waals surface area (Å²) in [5.41, 5.74) is 4.32. The van der Waals surface area contributed by atoms with Crippen LogP contribution in [0.5, 0.6) is 0 Å². The fourth-order valence-electron chi connectivity index (χ4n) is 5.96. The first-order valence-electron chi connectivity index (χ1n) is 11.5. The van der Waals surface area contributed by atoms with Gasteiger partial charge in [-0.15, -0.1) is 0 Å². The second kappa shape index (κ2) is 8.82. The average molecular weight is 423 g/mol. The summed E-state index contributed by atoms with van der Waals surface area (Å²) >= 11 is 5.99. The van der Waals surface area contributed by atoms with Crippen LogP contribution in [0.15, 0.2) is 48.5 Å². The predicted octanol–water partition coefficient (Wildman–Crippen LogP) is 4.78. The van der Waals surface area contributed by atoms with Gasteiger partial charge >= 0.3 is 0 Å². The number of fused-ring (bicyclic) bond motifs is 3. The second-order valence-electron chi connectivity index (χ2n) is 9.36. The lowest BCUT2D eigenvalue weighted by atomic mass is 9.70. The van der Waals surface area contributed by atoms with Crippen LogP contribution >= 0.6 is 11.6 Å². The number of hydrogen-bond donors (Lipinski definition) is 0. The fourth-order valence-corrected chi connectivity index (χ4v) is 6.09. The van der Waals surface area contributed by atoms with Gasteiger partial charge in [-0.2, -0.15) is 0 Å². The van der Waals surface area contributed by atoms with Crippen molar-refractivity contribution in [2.24, 2.45) is 11.8 Å². The molecule has 0 amide bonds. The number of piperazine rings is 1. The number of Topliss-reactive ketones (excluding diaryl/α,β-unsaturated/α-hetero) is 1. The van der Waals surface area contributed by atoms with Gasteiger partial charge in [0, 0.05) is 43.7 Å². The predicted molar refractivity (Wildman–Crippen MR) is 122 cm³/mol. The third-order valence-corrected chi connectivity index (χ3v) is 7.80. The molecular formula is C26H31ClN2O. The van der Waals surface area contributed by atoms with E-state index in [0.29, 0.717) is 24.2 Å². The molecule has 0 bridgehead atoms. The first kappa shape index (κ1) is 20.2. The zero-order valence-corrected chi connectivity index (χ0v) is 18.4. The molecule has 0 spiro atoms. The van der Waals surface area contributed by atoms with Crippen molar-refractivity contribution in [2.45, 2.75) is 38.1 Å². The average Bonchev–Trinajstić information content (AvgIpc) is 3.15. The number of hydrogen-bond acceptors (Lipinski definition) is 3. The van der Waals surface area contributed by atoms with E-state index in [9.17, 15) is 4.79 Å². The van der Waals surface area contributed by atoms with Gasteiger partial charge in [0.15, 0.2) is 0 Å². The Kier molecular flexibility index (Phi) is 5.95. The van der Waals surface area contributed by atoms with Crippen LogP contribution in [-0.4, -0.2) is 48.3 Å². The number of carbonyl (C=O) groups is 1. The molecule has 2 aliphatic carbocycles. The van der Waals surface area contributed by atoms with Crippen molar-refractivity contribution in [3.8, 4) is 0 Å². The van der Waals surface area contributed by atoms with Crippen molar-refractivity contribution in [1.29, 1.82) is 0 Å². The maximum atomic E-state index is 13.3. The van der Waals surface area contributed by atoms with Crippen molar-refractivity contribution in [1.82, 2.24) is 9.80 Å². The third-order valence-electron chi connectivity index (χ3n) is 7.55. The summed E-state index contributed by atoms with van der Waals surface area (Å²) in [6.07, 6.45) is 4.65. The van der Waals surface area contributed by atoms with E-state index in [-0.39, 0.29) is 5.92 Å². The minimum Gasteiger partial charge on any atom is -0.298 e. The maximum absolute atomic E-state index is 13.3. The zero-order chi connectivity index (χ0) is 20.5. The largest absolute Gasteiger partial charge is 0.298 e. The molecule has 3 atom stereocenters. The van der Waals surface area contributed by atoms with Crippen LogP contribution in [0.4, 0.5) is 0 Å². The number of rotatable bonds is 5. The Hall–Kier alpha value is -1.68. The van der Waals surface area contributed by atoms with E-state index in [4.69, 9.17) is 11.6 Å². The lowest BCUT2D eigenvalue weighted by Gasteiger charge is -2.37. The summed E-state index contributed by atoms with van der Waals surface area (Å²) in [6, 6.07) is 17.0. The van der Waals surface area contributed by atoms with Crippen LogP contribution in [0.2, 0.25) is 5.02 Å². The highest BCUT2D eigenvalue weighted by molar-refractivity contribution is 6.30. The van der Waals surface area contributed by atoms with Gasteiger partial charge in [-0.3, -0.25) is 14.6 Å². The molecule has 1 heterocycles. The molecule has 3 nitrogen and oxygen atoms in total. The van der Waals surface area contributed by atoms with Crippen molar-refractivity contribution >= 4 is 17.4 Å². The van der Waals surface area contributed by atoms with Crippen LogP contribution in [0.25, 0.3) is 0 Å². The summed E-state index contributed by atoms with van der Waals surface area (Å²) in [7, 11) is 0. The number of halogens is 1. The Morgan fingerprint density at radius 2 is 1.67 bits per heavy atom. The van der Waals surface area contributed by atoms with E-state index in [0.717, 1.165) is 50.6 Å². The van der Waals surface area contributed by atoms with Crippen LogP contribution in [-0.2, 0) is 17.8 Å². The Morgan fingerprint density at radius 1 is 0.933 bits per heavy atom. The molecule has 0 N–H and O–H groups in total. The minimum absolute atomic E-state index is 0.253. The number of nitrogens with zero attached hydrogens (tertiary/aromatic N) is 2. The van der Waals surface area contributed by atoms with Gasteiger partial charge in [0.05, 0.1) is 6.54 Å². The van der Waals surface area contributed by atoms with Crippen LogP contribution < -0.4 is 0 Å². The van der Waals surface area contributed by atoms with E-state index >= 15 is 0 Å². The van der Waals surface area contributed by atoms with Crippen molar-refractivity contribution in [3.05, 3.63) is 70.2 Å². The molecular weight excluding hydrogens is 392 g/mol. The molecule has 30 heavy (non-hydrogen) atoms. The Morgan fingerprint density at radius 3 is 2.47 bits per heavy atom. The Bertz CT molecular complexity index is 888. The molecule has 0 radical (unpaired) electrons. The van der Waals surface area contributed by atoms with E-state index in [1.165, 1.54) is 29.5 Å². The molecule has 2 aromatic carbocycles. The highest BCUT2D eigenvalue weighted by atomic mass is 35.5. The SMILES string of the molecule is O=C(CN1CCN(Cc2ccc(Cl)cc2)CC1)C1CCC[C@@H]2c3ccccc3C[C@H]12. The highest BCUT2D eigenvalue weighted by Gasteiger charge is 2.42. The van der Waals surface area contributed by atoms with Crippen molar-refractivity contribution in [2.75, 3.05) is 32.7 Å². The quantitative estimate of drug-likeness (QED) is 0.692. The number of ketones is 1. The fraction of sp³-hybridized carbons (Fsp3) is 0.500. The Labute approximate surface area is 185 Å². The van der Waals surface area contributed by atoms with Gasteiger partial charge < -0.3 is 0 Å². The molecule has 4 heteroatoms. The summed E-state index contributed by atoms with van der Waals surface area (Å²) in [4.78, 5) is 18.2. The zero-order valence-electron chi connectivity index (χ0n) is 17.6. The normalized spacial score (nSPS) is 26.9. The monoisotopic (exact) mass is 422 g/mol. The van der Waals surface area contributed by atoms with E-state index < -0.39 is 0 Å². The van der Waals surface area contributed by atoms with E-state index in [1.807, 2.05) is 12.1 Å². The molecule has 1 aliphatic heterocycles. The molecule has 0 aromatic heterocycles. The number of carbonyl (C=O) groups excluding carboxylic acids is 1. The van der Waals surface area contributed by atoms with Crippen molar-refractivity contribution in [3.63, 3.8) is 0 Å². The molecule has 1 saturated heterocycles. The van der Waals surface area contributed by atoms with Crippen LogP contribution in [0.1, 0.15) is 41.9 Å².